The van der Waals surface area contributed by atoms with E-state index in [9.17, 15) is 18.0 Å². The minimum absolute atomic E-state index is 0.0457. The number of rotatable bonds is 5. The topological polar surface area (TPSA) is 59.4 Å². The zero-order valence-corrected chi connectivity index (χ0v) is 9.91. The number of carboxylic acids is 1. The SMILES string of the molecule is O=C(O)c1cc(OCC(F)F)c(C2(F)CCC2)cn1. The average molecular weight is 275 g/mol. The first-order chi connectivity index (χ1) is 8.92. The van der Waals surface area contributed by atoms with Gasteiger partial charge in [-0.05, 0) is 19.3 Å². The standard InChI is InChI=1S/C12H12F3NO3/c13-10(14)6-19-9-4-8(11(17)18)16-5-7(9)12(15)2-1-3-12/h4-5,10H,1-3,6H2,(H,17,18). The molecule has 104 valence electrons. The number of carboxylic acid groups (broad SMARTS) is 1. The van der Waals surface area contributed by atoms with Gasteiger partial charge < -0.3 is 9.84 Å². The van der Waals surface area contributed by atoms with Crippen LogP contribution >= 0.6 is 0 Å². The molecule has 0 bridgehead atoms. The van der Waals surface area contributed by atoms with Crippen LogP contribution in [0.25, 0.3) is 0 Å². The quantitative estimate of drug-likeness (QED) is 0.897. The fraction of sp³-hybridized carbons (Fsp3) is 0.500. The molecule has 19 heavy (non-hydrogen) atoms. The second-order valence-electron chi connectivity index (χ2n) is 4.39. The smallest absolute Gasteiger partial charge is 0.354 e. The van der Waals surface area contributed by atoms with Crippen molar-refractivity contribution >= 4 is 5.97 Å². The second kappa shape index (κ2) is 5.07. The molecule has 0 atom stereocenters. The molecule has 0 amide bonds. The Balaban J connectivity index is 2.32. The van der Waals surface area contributed by atoms with Crippen molar-refractivity contribution in [3.8, 4) is 5.75 Å². The van der Waals surface area contributed by atoms with E-state index in [0.717, 1.165) is 12.3 Å². The molecule has 1 heterocycles. The van der Waals surface area contributed by atoms with Gasteiger partial charge in [-0.1, -0.05) is 0 Å². The van der Waals surface area contributed by atoms with Gasteiger partial charge in [-0.25, -0.2) is 22.9 Å². The summed E-state index contributed by atoms with van der Waals surface area (Å²) in [5, 5.41) is 8.79. The highest BCUT2D eigenvalue weighted by Gasteiger charge is 2.41. The number of nitrogens with zero attached hydrogens (tertiary/aromatic N) is 1. The fourth-order valence-corrected chi connectivity index (χ4v) is 1.92. The van der Waals surface area contributed by atoms with Crippen LogP contribution in [0.15, 0.2) is 12.3 Å². The number of hydrogen-bond acceptors (Lipinski definition) is 3. The molecule has 1 fully saturated rings. The Morgan fingerprint density at radius 3 is 2.68 bits per heavy atom. The Kier molecular flexibility index (Phi) is 3.64. The van der Waals surface area contributed by atoms with E-state index in [-0.39, 0.29) is 29.8 Å². The molecule has 2 rings (SSSR count). The maximum Gasteiger partial charge on any atom is 0.354 e. The Labute approximate surface area is 107 Å². The minimum atomic E-state index is -2.72. The summed E-state index contributed by atoms with van der Waals surface area (Å²) < 4.78 is 43.4. The summed E-state index contributed by atoms with van der Waals surface area (Å²) in [6.07, 6.45) is -0.459. The molecule has 7 heteroatoms. The highest BCUT2D eigenvalue weighted by molar-refractivity contribution is 5.85. The minimum Gasteiger partial charge on any atom is -0.487 e. The van der Waals surface area contributed by atoms with Crippen molar-refractivity contribution in [2.75, 3.05) is 6.61 Å². The number of hydrogen-bond donors (Lipinski definition) is 1. The summed E-state index contributed by atoms with van der Waals surface area (Å²) in [4.78, 5) is 14.4. The molecule has 1 aromatic rings. The first-order valence-corrected chi connectivity index (χ1v) is 5.76. The largest absolute Gasteiger partial charge is 0.487 e. The van der Waals surface area contributed by atoms with Crippen LogP contribution in [0.3, 0.4) is 0 Å². The molecule has 0 aromatic carbocycles. The van der Waals surface area contributed by atoms with E-state index in [1.54, 1.807) is 0 Å². The number of aromatic carboxylic acids is 1. The Morgan fingerprint density at radius 2 is 2.21 bits per heavy atom. The molecular weight excluding hydrogens is 263 g/mol. The number of carbonyl (C=O) groups is 1. The van der Waals surface area contributed by atoms with E-state index in [1.807, 2.05) is 0 Å². The third-order valence-corrected chi connectivity index (χ3v) is 3.08. The Bertz CT molecular complexity index is 489. The predicted octanol–water partition coefficient (Wildman–Crippen LogP) is 2.77. The summed E-state index contributed by atoms with van der Waals surface area (Å²) in [6.45, 7) is -0.911. The lowest BCUT2D eigenvalue weighted by Gasteiger charge is -2.35. The highest BCUT2D eigenvalue weighted by Crippen LogP contribution is 2.48. The maximum absolute atomic E-state index is 14.3. The summed E-state index contributed by atoms with van der Waals surface area (Å²) in [5.74, 6) is -1.50. The summed E-state index contributed by atoms with van der Waals surface area (Å²) in [7, 11) is 0. The molecule has 1 aromatic heterocycles. The first kappa shape index (κ1) is 13.6. The normalized spacial score (nSPS) is 17.1. The van der Waals surface area contributed by atoms with Gasteiger partial charge in [0.05, 0.1) is 0 Å². The van der Waals surface area contributed by atoms with E-state index in [2.05, 4.69) is 4.98 Å². The molecule has 1 aliphatic carbocycles. The zero-order valence-electron chi connectivity index (χ0n) is 9.91. The zero-order chi connectivity index (χ0) is 14.0. The highest BCUT2D eigenvalue weighted by atomic mass is 19.3. The van der Waals surface area contributed by atoms with Gasteiger partial charge in [0.1, 0.15) is 18.0 Å². The van der Waals surface area contributed by atoms with Crippen molar-refractivity contribution in [3.63, 3.8) is 0 Å². The van der Waals surface area contributed by atoms with Gasteiger partial charge in [0, 0.05) is 17.8 Å². The van der Waals surface area contributed by atoms with Crippen molar-refractivity contribution < 1.29 is 27.8 Å². The van der Waals surface area contributed by atoms with Crippen molar-refractivity contribution in [1.29, 1.82) is 0 Å². The summed E-state index contributed by atoms with van der Waals surface area (Å²) in [5.41, 5.74) is -1.97. The number of alkyl halides is 3. The van der Waals surface area contributed by atoms with E-state index in [4.69, 9.17) is 9.84 Å². The molecule has 0 unspecified atom stereocenters. The molecule has 1 saturated carbocycles. The van der Waals surface area contributed by atoms with Gasteiger partial charge in [-0.2, -0.15) is 0 Å². The van der Waals surface area contributed by atoms with Gasteiger partial charge in [0.2, 0.25) is 0 Å². The molecule has 0 spiro atoms. The van der Waals surface area contributed by atoms with Gasteiger partial charge >= 0.3 is 5.97 Å². The lowest BCUT2D eigenvalue weighted by atomic mass is 9.77. The third-order valence-electron chi connectivity index (χ3n) is 3.08. The van der Waals surface area contributed by atoms with Gasteiger partial charge in [-0.3, -0.25) is 0 Å². The summed E-state index contributed by atoms with van der Waals surface area (Å²) in [6, 6.07) is 0.986. The number of halogens is 3. The van der Waals surface area contributed by atoms with Crippen LogP contribution in [0.4, 0.5) is 13.2 Å². The molecule has 4 nitrogen and oxygen atoms in total. The molecular formula is C12H12F3NO3. The lowest BCUT2D eigenvalue weighted by molar-refractivity contribution is 0.0484. The fourth-order valence-electron chi connectivity index (χ4n) is 1.92. The van der Waals surface area contributed by atoms with Crippen molar-refractivity contribution in [3.05, 3.63) is 23.5 Å². The second-order valence-corrected chi connectivity index (χ2v) is 4.39. The van der Waals surface area contributed by atoms with Crippen LogP contribution in [0.2, 0.25) is 0 Å². The van der Waals surface area contributed by atoms with E-state index in [1.165, 1.54) is 0 Å². The van der Waals surface area contributed by atoms with Gasteiger partial charge in [0.15, 0.2) is 5.69 Å². The Hall–Kier alpha value is -1.79. The lowest BCUT2D eigenvalue weighted by Crippen LogP contribution is -2.30. The van der Waals surface area contributed by atoms with E-state index >= 15 is 0 Å². The van der Waals surface area contributed by atoms with Crippen LogP contribution in [0, 0.1) is 0 Å². The van der Waals surface area contributed by atoms with E-state index < -0.39 is 24.7 Å². The van der Waals surface area contributed by atoms with Crippen LogP contribution in [0.5, 0.6) is 5.75 Å². The van der Waals surface area contributed by atoms with Gasteiger partial charge in [-0.15, -0.1) is 0 Å². The van der Waals surface area contributed by atoms with Gasteiger partial charge in [0.25, 0.3) is 6.43 Å². The predicted molar refractivity (Wildman–Crippen MR) is 59.3 cm³/mol. The number of pyridine rings is 1. The first-order valence-electron chi connectivity index (χ1n) is 5.76. The number of ether oxygens (including phenoxy) is 1. The molecule has 1 N–H and O–H groups in total. The van der Waals surface area contributed by atoms with Crippen LogP contribution < -0.4 is 4.74 Å². The maximum atomic E-state index is 14.3. The average Bonchev–Trinajstić information content (AvgIpc) is 2.33. The molecule has 0 aliphatic heterocycles. The van der Waals surface area contributed by atoms with E-state index in [0.29, 0.717) is 6.42 Å². The number of aromatic nitrogens is 1. The third kappa shape index (κ3) is 2.80. The monoisotopic (exact) mass is 275 g/mol. The molecule has 0 radical (unpaired) electrons. The van der Waals surface area contributed by atoms with Crippen LogP contribution in [-0.2, 0) is 5.67 Å². The van der Waals surface area contributed by atoms with Crippen LogP contribution in [-0.4, -0.2) is 29.1 Å². The van der Waals surface area contributed by atoms with Crippen LogP contribution in [0.1, 0.15) is 35.3 Å². The molecule has 1 aliphatic rings. The van der Waals surface area contributed by atoms with Crippen molar-refractivity contribution in [2.45, 2.75) is 31.4 Å². The van der Waals surface area contributed by atoms with Crippen molar-refractivity contribution in [2.24, 2.45) is 0 Å². The van der Waals surface area contributed by atoms with Crippen molar-refractivity contribution in [1.82, 2.24) is 4.98 Å². The molecule has 0 saturated heterocycles. The summed E-state index contributed by atoms with van der Waals surface area (Å²) >= 11 is 0. The Morgan fingerprint density at radius 1 is 1.53 bits per heavy atom.